The Hall–Kier alpha value is -1.90. The Morgan fingerprint density at radius 1 is 1.19 bits per heavy atom. The molecule has 0 amide bonds. The summed E-state index contributed by atoms with van der Waals surface area (Å²) >= 11 is 0. The van der Waals surface area contributed by atoms with Crippen LogP contribution in [0.15, 0.2) is 47.6 Å². The zero-order valence-electron chi connectivity index (χ0n) is 15.3. The third-order valence-corrected chi connectivity index (χ3v) is 3.48. The number of halogens is 2. The van der Waals surface area contributed by atoms with Crippen LogP contribution in [0.4, 0.5) is 4.39 Å². The number of aromatic nitrogens is 1. The molecule has 0 atom stereocenters. The van der Waals surface area contributed by atoms with Gasteiger partial charge in [-0.3, -0.25) is 4.99 Å². The first kappa shape index (κ1) is 22.1. The normalized spacial score (nSPS) is 11.0. The zero-order valence-corrected chi connectivity index (χ0v) is 17.7. The molecule has 1 heterocycles. The molecule has 0 fully saturated rings. The quantitative estimate of drug-likeness (QED) is 0.368. The monoisotopic (exact) mass is 472 g/mol. The first-order chi connectivity index (χ1) is 12.1. The van der Waals surface area contributed by atoms with E-state index in [0.29, 0.717) is 36.9 Å². The van der Waals surface area contributed by atoms with Crippen molar-refractivity contribution >= 4 is 29.9 Å². The molecule has 0 aliphatic rings. The van der Waals surface area contributed by atoms with E-state index in [2.05, 4.69) is 20.6 Å². The fourth-order valence-corrected chi connectivity index (χ4v) is 2.25. The summed E-state index contributed by atoms with van der Waals surface area (Å²) in [5, 5.41) is 6.39. The van der Waals surface area contributed by atoms with Crippen molar-refractivity contribution in [1.29, 1.82) is 0 Å². The first-order valence-corrected chi connectivity index (χ1v) is 8.38. The smallest absolute Gasteiger partial charge is 0.213 e. The summed E-state index contributed by atoms with van der Waals surface area (Å²) in [5.41, 5.74) is 1.71. The van der Waals surface area contributed by atoms with Gasteiger partial charge < -0.3 is 15.4 Å². The van der Waals surface area contributed by atoms with E-state index in [1.54, 1.807) is 25.4 Å². The fraction of sp³-hybridized carbons (Fsp3) is 0.368. The van der Waals surface area contributed by atoms with Crippen LogP contribution in [0.1, 0.15) is 25.0 Å². The Balaban J connectivity index is 0.00000338. The summed E-state index contributed by atoms with van der Waals surface area (Å²) < 4.78 is 19.1. The van der Waals surface area contributed by atoms with Crippen molar-refractivity contribution in [1.82, 2.24) is 15.6 Å². The molecule has 2 rings (SSSR count). The van der Waals surface area contributed by atoms with E-state index in [0.717, 1.165) is 5.56 Å². The molecule has 0 radical (unpaired) electrons. The highest BCUT2D eigenvalue weighted by Gasteiger charge is 2.03. The van der Waals surface area contributed by atoms with E-state index in [9.17, 15) is 4.39 Å². The van der Waals surface area contributed by atoms with Crippen LogP contribution in [-0.4, -0.2) is 30.6 Å². The maximum absolute atomic E-state index is 13.6. The molecule has 26 heavy (non-hydrogen) atoms. The van der Waals surface area contributed by atoms with E-state index in [-0.39, 0.29) is 35.9 Å². The minimum atomic E-state index is -0.179. The number of ether oxygens (including phenoxy) is 1. The Labute approximate surface area is 171 Å². The molecular weight excluding hydrogens is 446 g/mol. The van der Waals surface area contributed by atoms with Crippen molar-refractivity contribution in [3.8, 4) is 5.88 Å². The van der Waals surface area contributed by atoms with Gasteiger partial charge in [0.05, 0.1) is 6.10 Å². The predicted octanol–water partition coefficient (Wildman–Crippen LogP) is 3.53. The molecular formula is C19H26FIN4O. The van der Waals surface area contributed by atoms with Gasteiger partial charge in [0.1, 0.15) is 5.82 Å². The van der Waals surface area contributed by atoms with Gasteiger partial charge >= 0.3 is 0 Å². The van der Waals surface area contributed by atoms with Crippen LogP contribution < -0.4 is 15.4 Å². The standard InChI is InChI=1S/C19H25FN4O.HI/c1-14(2)25-18-9-8-15(12-23-18)13-24-19(21-3)22-11-10-16-6-4-5-7-17(16)20;/h4-9,12,14H,10-11,13H2,1-3H3,(H2,21,22,24);1H. The summed E-state index contributed by atoms with van der Waals surface area (Å²) in [6.07, 6.45) is 2.47. The van der Waals surface area contributed by atoms with Gasteiger partial charge in [0.2, 0.25) is 5.88 Å². The van der Waals surface area contributed by atoms with E-state index in [4.69, 9.17) is 4.74 Å². The Morgan fingerprint density at radius 2 is 1.96 bits per heavy atom. The van der Waals surface area contributed by atoms with Crippen molar-refractivity contribution in [2.75, 3.05) is 13.6 Å². The van der Waals surface area contributed by atoms with E-state index in [1.165, 1.54) is 6.07 Å². The number of aliphatic imine (C=N–C) groups is 1. The van der Waals surface area contributed by atoms with Crippen LogP contribution >= 0.6 is 24.0 Å². The van der Waals surface area contributed by atoms with Gasteiger partial charge in [-0.25, -0.2) is 9.37 Å². The summed E-state index contributed by atoms with van der Waals surface area (Å²) in [4.78, 5) is 8.44. The second-order valence-corrected chi connectivity index (χ2v) is 5.87. The zero-order chi connectivity index (χ0) is 18.1. The molecule has 0 unspecified atom stereocenters. The second kappa shape index (κ2) is 11.7. The fourth-order valence-electron chi connectivity index (χ4n) is 2.25. The average Bonchev–Trinajstić information content (AvgIpc) is 2.60. The number of rotatable bonds is 7. The van der Waals surface area contributed by atoms with Gasteiger partial charge in [-0.15, -0.1) is 24.0 Å². The summed E-state index contributed by atoms with van der Waals surface area (Å²) in [6.45, 7) is 5.12. The first-order valence-electron chi connectivity index (χ1n) is 8.38. The Morgan fingerprint density at radius 3 is 2.58 bits per heavy atom. The number of guanidine groups is 1. The number of nitrogens with zero attached hydrogens (tertiary/aromatic N) is 2. The molecule has 1 aromatic carbocycles. The molecule has 5 nitrogen and oxygen atoms in total. The van der Waals surface area contributed by atoms with Gasteiger partial charge in [-0.2, -0.15) is 0 Å². The molecule has 0 saturated carbocycles. The summed E-state index contributed by atoms with van der Waals surface area (Å²) in [5.74, 6) is 1.10. The molecule has 0 bridgehead atoms. The van der Waals surface area contributed by atoms with Gasteiger partial charge in [0.25, 0.3) is 0 Å². The highest BCUT2D eigenvalue weighted by atomic mass is 127. The molecule has 0 saturated heterocycles. The van der Waals surface area contributed by atoms with Gasteiger partial charge in [0.15, 0.2) is 5.96 Å². The third-order valence-electron chi connectivity index (χ3n) is 3.48. The van der Waals surface area contributed by atoms with Crippen molar-refractivity contribution in [2.24, 2.45) is 4.99 Å². The maximum Gasteiger partial charge on any atom is 0.213 e. The van der Waals surface area contributed by atoms with Gasteiger partial charge in [0, 0.05) is 32.4 Å². The van der Waals surface area contributed by atoms with Gasteiger partial charge in [-0.05, 0) is 37.5 Å². The highest BCUT2D eigenvalue weighted by molar-refractivity contribution is 14.0. The lowest BCUT2D eigenvalue weighted by Crippen LogP contribution is -2.37. The number of pyridine rings is 1. The van der Waals surface area contributed by atoms with Crippen LogP contribution in [0.2, 0.25) is 0 Å². The Bertz CT molecular complexity index is 692. The van der Waals surface area contributed by atoms with Crippen molar-refractivity contribution in [3.05, 3.63) is 59.5 Å². The molecule has 2 aromatic rings. The molecule has 0 spiro atoms. The number of nitrogens with one attached hydrogen (secondary N) is 2. The molecule has 0 aliphatic heterocycles. The molecule has 2 N–H and O–H groups in total. The predicted molar refractivity (Wildman–Crippen MR) is 114 cm³/mol. The summed E-state index contributed by atoms with van der Waals surface area (Å²) in [6, 6.07) is 10.6. The van der Waals surface area contributed by atoms with Crippen molar-refractivity contribution in [3.63, 3.8) is 0 Å². The van der Waals surface area contributed by atoms with Crippen LogP contribution in [0.3, 0.4) is 0 Å². The minimum absolute atomic E-state index is 0. The molecule has 142 valence electrons. The SMILES string of the molecule is CN=C(NCCc1ccccc1F)NCc1ccc(OC(C)C)nc1.I. The van der Waals surface area contributed by atoms with E-state index in [1.807, 2.05) is 32.0 Å². The maximum atomic E-state index is 13.6. The van der Waals surface area contributed by atoms with Crippen LogP contribution in [0.5, 0.6) is 5.88 Å². The van der Waals surface area contributed by atoms with Gasteiger partial charge in [-0.1, -0.05) is 24.3 Å². The van der Waals surface area contributed by atoms with Crippen LogP contribution in [0, 0.1) is 5.82 Å². The molecule has 7 heteroatoms. The third kappa shape index (κ3) is 7.55. The largest absolute Gasteiger partial charge is 0.475 e. The average molecular weight is 472 g/mol. The van der Waals surface area contributed by atoms with E-state index >= 15 is 0 Å². The Kier molecular flexibility index (Phi) is 9.93. The summed E-state index contributed by atoms with van der Waals surface area (Å²) in [7, 11) is 1.70. The number of hydrogen-bond acceptors (Lipinski definition) is 3. The molecule has 0 aliphatic carbocycles. The topological polar surface area (TPSA) is 58.5 Å². The lowest BCUT2D eigenvalue weighted by atomic mass is 10.1. The lowest BCUT2D eigenvalue weighted by Gasteiger charge is -2.13. The lowest BCUT2D eigenvalue weighted by molar-refractivity contribution is 0.232. The molecule has 1 aromatic heterocycles. The number of hydrogen-bond donors (Lipinski definition) is 2. The highest BCUT2D eigenvalue weighted by Crippen LogP contribution is 2.09. The van der Waals surface area contributed by atoms with Crippen LogP contribution in [0.25, 0.3) is 0 Å². The van der Waals surface area contributed by atoms with E-state index < -0.39 is 0 Å². The van der Waals surface area contributed by atoms with Crippen molar-refractivity contribution in [2.45, 2.75) is 32.9 Å². The van der Waals surface area contributed by atoms with Crippen molar-refractivity contribution < 1.29 is 9.13 Å². The second-order valence-electron chi connectivity index (χ2n) is 5.87. The minimum Gasteiger partial charge on any atom is -0.475 e. The number of benzene rings is 1. The van der Waals surface area contributed by atoms with Crippen LogP contribution in [-0.2, 0) is 13.0 Å².